The predicted molar refractivity (Wildman–Crippen MR) is 78.1 cm³/mol. The first-order valence-electron chi connectivity index (χ1n) is 6.06. The van der Waals surface area contributed by atoms with Crippen molar-refractivity contribution in [2.45, 2.75) is 6.23 Å². The number of para-hydroxylation sites is 1. The van der Waals surface area contributed by atoms with E-state index in [9.17, 15) is 14.9 Å². The monoisotopic (exact) mass is 348 g/mol. The van der Waals surface area contributed by atoms with E-state index in [0.717, 1.165) is 4.47 Å². The summed E-state index contributed by atoms with van der Waals surface area (Å²) in [4.78, 5) is 22.7. The van der Waals surface area contributed by atoms with E-state index in [1.807, 2.05) is 0 Å². The normalized spacial score (nSPS) is 16.6. The zero-order valence-electron chi connectivity index (χ0n) is 10.6. The number of benzene rings is 2. The first-order valence-corrected chi connectivity index (χ1v) is 6.86. The maximum absolute atomic E-state index is 12.1. The number of ether oxygens (including phenoxy) is 1. The van der Waals surface area contributed by atoms with Crippen LogP contribution >= 0.6 is 15.9 Å². The Bertz CT molecular complexity index is 748. The summed E-state index contributed by atoms with van der Waals surface area (Å²) in [5.74, 6) is 0.0609. The van der Waals surface area contributed by atoms with Gasteiger partial charge in [-0.3, -0.25) is 14.9 Å². The maximum atomic E-state index is 12.1. The van der Waals surface area contributed by atoms with E-state index in [1.165, 1.54) is 6.07 Å². The van der Waals surface area contributed by atoms with Crippen LogP contribution in [0.5, 0.6) is 5.75 Å². The highest BCUT2D eigenvalue weighted by molar-refractivity contribution is 9.10. The van der Waals surface area contributed by atoms with Crippen molar-refractivity contribution in [3.63, 3.8) is 0 Å². The van der Waals surface area contributed by atoms with Crippen molar-refractivity contribution < 1.29 is 14.5 Å². The van der Waals surface area contributed by atoms with Crippen molar-refractivity contribution in [3.8, 4) is 5.75 Å². The number of halogens is 1. The summed E-state index contributed by atoms with van der Waals surface area (Å²) in [6.07, 6.45) is -0.882. The molecular formula is C14H9BrN2O4. The van der Waals surface area contributed by atoms with Crippen molar-refractivity contribution in [2.75, 3.05) is 0 Å². The van der Waals surface area contributed by atoms with Gasteiger partial charge in [-0.25, -0.2) is 0 Å². The highest BCUT2D eigenvalue weighted by Gasteiger charge is 2.31. The molecule has 106 valence electrons. The standard InChI is InChI=1S/C14H9BrN2O4/c15-8-5-6-12-10(7-8)13(18)16-14(21-12)9-3-1-2-4-11(9)17(19)20/h1-7,14H,(H,16,18). The number of carbonyl (C=O) groups excluding carboxylic acids is 1. The minimum atomic E-state index is -0.882. The molecule has 6 nitrogen and oxygen atoms in total. The van der Waals surface area contributed by atoms with Gasteiger partial charge in [0.15, 0.2) is 0 Å². The second-order valence-electron chi connectivity index (χ2n) is 4.43. The number of fused-ring (bicyclic) bond motifs is 1. The number of amides is 1. The molecule has 1 aliphatic heterocycles. The van der Waals surface area contributed by atoms with E-state index in [4.69, 9.17) is 4.74 Å². The topological polar surface area (TPSA) is 81.5 Å². The number of nitrogens with one attached hydrogen (secondary N) is 1. The fourth-order valence-corrected chi connectivity index (χ4v) is 2.51. The summed E-state index contributed by atoms with van der Waals surface area (Å²) in [6.45, 7) is 0. The Labute approximate surface area is 128 Å². The average molecular weight is 349 g/mol. The summed E-state index contributed by atoms with van der Waals surface area (Å²) in [5, 5.41) is 13.7. The summed E-state index contributed by atoms with van der Waals surface area (Å²) in [7, 11) is 0. The number of hydrogen-bond donors (Lipinski definition) is 1. The molecule has 7 heteroatoms. The van der Waals surface area contributed by atoms with Gasteiger partial charge in [0, 0.05) is 10.5 Å². The first-order chi connectivity index (χ1) is 10.1. The van der Waals surface area contributed by atoms with Crippen LogP contribution < -0.4 is 10.1 Å². The molecule has 0 saturated carbocycles. The van der Waals surface area contributed by atoms with Crippen LogP contribution in [-0.4, -0.2) is 10.8 Å². The average Bonchev–Trinajstić information content (AvgIpc) is 2.47. The third-order valence-electron chi connectivity index (χ3n) is 3.11. The summed E-state index contributed by atoms with van der Waals surface area (Å²) in [5.41, 5.74) is 0.604. The van der Waals surface area contributed by atoms with Crippen LogP contribution in [0.2, 0.25) is 0 Å². The molecule has 0 saturated heterocycles. The largest absolute Gasteiger partial charge is 0.465 e. The zero-order valence-corrected chi connectivity index (χ0v) is 12.2. The van der Waals surface area contributed by atoms with Crippen LogP contribution in [0.3, 0.4) is 0 Å². The molecule has 3 rings (SSSR count). The minimum absolute atomic E-state index is 0.0941. The molecule has 0 aliphatic carbocycles. The number of hydrogen-bond acceptors (Lipinski definition) is 4. The van der Waals surface area contributed by atoms with Crippen molar-refractivity contribution in [2.24, 2.45) is 0 Å². The Hall–Kier alpha value is -2.41. The molecule has 2 aromatic carbocycles. The molecule has 21 heavy (non-hydrogen) atoms. The summed E-state index contributed by atoms with van der Waals surface area (Å²) >= 11 is 3.28. The van der Waals surface area contributed by atoms with E-state index in [2.05, 4.69) is 21.2 Å². The van der Waals surface area contributed by atoms with Gasteiger partial charge in [0.2, 0.25) is 6.23 Å². The SMILES string of the molecule is O=C1NC(c2ccccc2[N+](=O)[O-])Oc2ccc(Br)cc21. The Morgan fingerprint density at radius 2 is 2.00 bits per heavy atom. The Morgan fingerprint density at radius 1 is 1.24 bits per heavy atom. The molecule has 1 aliphatic rings. The lowest BCUT2D eigenvalue weighted by Gasteiger charge is -2.26. The molecule has 0 spiro atoms. The number of nitro benzene ring substituents is 1. The van der Waals surface area contributed by atoms with Gasteiger partial charge in [-0.15, -0.1) is 0 Å². The first kappa shape index (κ1) is 13.6. The third kappa shape index (κ3) is 2.47. The molecule has 0 radical (unpaired) electrons. The summed E-state index contributed by atoms with van der Waals surface area (Å²) < 4.78 is 6.43. The van der Waals surface area contributed by atoms with E-state index < -0.39 is 11.2 Å². The lowest BCUT2D eigenvalue weighted by Crippen LogP contribution is -2.37. The smallest absolute Gasteiger partial charge is 0.278 e. The van der Waals surface area contributed by atoms with Gasteiger partial charge in [-0.05, 0) is 24.3 Å². The van der Waals surface area contributed by atoms with Gasteiger partial charge in [-0.2, -0.15) is 0 Å². The van der Waals surface area contributed by atoms with E-state index in [-0.39, 0.29) is 11.6 Å². The molecule has 0 bridgehead atoms. The second-order valence-corrected chi connectivity index (χ2v) is 5.34. The lowest BCUT2D eigenvalue weighted by atomic mass is 10.1. The Balaban J connectivity index is 2.02. The summed E-state index contributed by atoms with van der Waals surface area (Å²) in [6, 6.07) is 11.2. The van der Waals surface area contributed by atoms with E-state index in [1.54, 1.807) is 36.4 Å². The van der Waals surface area contributed by atoms with Crippen molar-refractivity contribution in [1.29, 1.82) is 0 Å². The van der Waals surface area contributed by atoms with Gasteiger partial charge in [0.1, 0.15) is 5.75 Å². The quantitative estimate of drug-likeness (QED) is 0.667. The third-order valence-corrected chi connectivity index (χ3v) is 3.60. The van der Waals surface area contributed by atoms with Gasteiger partial charge in [0.25, 0.3) is 11.6 Å². The Morgan fingerprint density at radius 3 is 2.76 bits per heavy atom. The number of nitro groups is 1. The van der Waals surface area contributed by atoms with Gasteiger partial charge in [-0.1, -0.05) is 28.1 Å². The molecule has 2 aromatic rings. The zero-order chi connectivity index (χ0) is 15.0. The maximum Gasteiger partial charge on any atom is 0.278 e. The molecular weight excluding hydrogens is 340 g/mol. The molecule has 1 amide bonds. The lowest BCUT2D eigenvalue weighted by molar-refractivity contribution is -0.386. The highest BCUT2D eigenvalue weighted by atomic mass is 79.9. The van der Waals surface area contributed by atoms with Crippen LogP contribution in [0.15, 0.2) is 46.9 Å². The van der Waals surface area contributed by atoms with Crippen molar-refractivity contribution in [3.05, 3.63) is 68.2 Å². The van der Waals surface area contributed by atoms with Crippen molar-refractivity contribution in [1.82, 2.24) is 5.32 Å². The van der Waals surface area contributed by atoms with Crippen LogP contribution in [0.25, 0.3) is 0 Å². The fraction of sp³-hybridized carbons (Fsp3) is 0.0714. The molecule has 0 fully saturated rings. The number of carbonyl (C=O) groups is 1. The van der Waals surface area contributed by atoms with Crippen LogP contribution in [0.1, 0.15) is 22.1 Å². The molecule has 1 atom stereocenters. The second kappa shape index (κ2) is 5.17. The molecule has 1 heterocycles. The van der Waals surface area contributed by atoms with Crippen LogP contribution in [0, 0.1) is 10.1 Å². The van der Waals surface area contributed by atoms with Gasteiger partial charge in [0.05, 0.1) is 16.1 Å². The highest BCUT2D eigenvalue weighted by Crippen LogP contribution is 2.34. The van der Waals surface area contributed by atoms with E-state index >= 15 is 0 Å². The number of rotatable bonds is 2. The Kier molecular flexibility index (Phi) is 3.34. The van der Waals surface area contributed by atoms with Crippen molar-refractivity contribution >= 4 is 27.5 Å². The van der Waals surface area contributed by atoms with Gasteiger partial charge >= 0.3 is 0 Å². The fourth-order valence-electron chi connectivity index (χ4n) is 2.15. The molecule has 1 unspecified atom stereocenters. The predicted octanol–water partition coefficient (Wildman–Crippen LogP) is 3.18. The van der Waals surface area contributed by atoms with Crippen LogP contribution in [-0.2, 0) is 0 Å². The van der Waals surface area contributed by atoms with E-state index in [0.29, 0.717) is 16.9 Å². The number of nitrogens with zero attached hydrogens (tertiary/aromatic N) is 1. The van der Waals surface area contributed by atoms with Crippen LogP contribution in [0.4, 0.5) is 5.69 Å². The minimum Gasteiger partial charge on any atom is -0.465 e. The molecule has 0 aromatic heterocycles. The van der Waals surface area contributed by atoms with Gasteiger partial charge < -0.3 is 10.1 Å². The molecule has 1 N–H and O–H groups in total.